The first-order chi connectivity index (χ1) is 16.6. The molecule has 0 unspecified atom stereocenters. The molecule has 3 atom stereocenters. The molecule has 3 saturated heterocycles. The van der Waals surface area contributed by atoms with Crippen LogP contribution in [0.4, 0.5) is 17.1 Å². The number of carbonyl (C=O) groups excluding carboxylic acids is 2. The third-order valence-electron chi connectivity index (χ3n) is 6.52. The molecule has 4 heterocycles. The van der Waals surface area contributed by atoms with E-state index >= 15 is 0 Å². The van der Waals surface area contributed by atoms with Gasteiger partial charge in [-0.3, -0.25) is 14.4 Å². The van der Waals surface area contributed by atoms with E-state index < -0.39 is 18.1 Å². The Hall–Kier alpha value is -2.91. The molecule has 6 rings (SSSR count). The summed E-state index contributed by atoms with van der Waals surface area (Å²) in [6.45, 7) is 3.03. The van der Waals surface area contributed by atoms with E-state index in [2.05, 4.69) is 4.90 Å². The molecule has 1 aromatic heterocycles. The first kappa shape index (κ1) is 21.6. The maximum absolute atomic E-state index is 13.7. The number of thiophene rings is 1. The molecule has 2 aromatic carbocycles. The van der Waals surface area contributed by atoms with Crippen LogP contribution in [-0.2, 0) is 19.2 Å². The Morgan fingerprint density at radius 1 is 0.853 bits per heavy atom. The number of carbonyl (C=O) groups is 2. The molecular weight excluding hydrogens is 474 g/mol. The standard InChI is InChI=1S/C25H22ClN3O4S/c26-16-3-5-19(6-4-16)29-22(20-2-1-15-34-20)21-23(33-29)25(31)28(24(21)30)18-9-7-17(8-10-18)27-11-13-32-14-12-27/h1-10,15,21-23H,11-14H2/t21-,22+,23+/m1/s1. The molecule has 3 fully saturated rings. The number of nitrogens with zero attached hydrogens (tertiary/aromatic N) is 3. The summed E-state index contributed by atoms with van der Waals surface area (Å²) >= 11 is 7.61. The van der Waals surface area contributed by atoms with Gasteiger partial charge in [-0.15, -0.1) is 11.3 Å². The van der Waals surface area contributed by atoms with E-state index in [1.54, 1.807) is 28.5 Å². The highest BCUT2D eigenvalue weighted by atomic mass is 35.5. The average molecular weight is 496 g/mol. The lowest BCUT2D eigenvalue weighted by Crippen LogP contribution is -2.37. The first-order valence-corrected chi connectivity index (χ1v) is 12.4. The van der Waals surface area contributed by atoms with E-state index in [1.807, 2.05) is 53.9 Å². The van der Waals surface area contributed by atoms with E-state index in [1.165, 1.54) is 4.90 Å². The summed E-state index contributed by atoms with van der Waals surface area (Å²) in [4.78, 5) is 37.8. The number of hydrogen-bond donors (Lipinski definition) is 0. The van der Waals surface area contributed by atoms with Gasteiger partial charge in [0.1, 0.15) is 12.0 Å². The van der Waals surface area contributed by atoms with Crippen LogP contribution in [0.25, 0.3) is 0 Å². The molecule has 3 aromatic rings. The Labute approximate surface area is 206 Å². The van der Waals surface area contributed by atoms with Crippen LogP contribution in [0.3, 0.4) is 0 Å². The number of rotatable bonds is 4. The van der Waals surface area contributed by atoms with Gasteiger partial charge in [-0.25, -0.2) is 9.96 Å². The molecule has 3 aliphatic heterocycles. The molecular formula is C25H22ClN3O4S. The number of benzene rings is 2. The van der Waals surface area contributed by atoms with Crippen LogP contribution >= 0.6 is 22.9 Å². The minimum absolute atomic E-state index is 0.246. The Bertz CT molecular complexity index is 1200. The molecule has 0 spiro atoms. The highest BCUT2D eigenvalue weighted by Crippen LogP contribution is 2.48. The van der Waals surface area contributed by atoms with Crippen LogP contribution in [0.5, 0.6) is 0 Å². The summed E-state index contributed by atoms with van der Waals surface area (Å²) in [7, 11) is 0. The largest absolute Gasteiger partial charge is 0.378 e. The Balaban J connectivity index is 1.31. The van der Waals surface area contributed by atoms with Crippen molar-refractivity contribution in [2.24, 2.45) is 5.92 Å². The van der Waals surface area contributed by atoms with Gasteiger partial charge < -0.3 is 9.64 Å². The lowest BCUT2D eigenvalue weighted by atomic mass is 9.95. The quantitative estimate of drug-likeness (QED) is 0.503. The number of ether oxygens (including phenoxy) is 1. The zero-order chi connectivity index (χ0) is 23.2. The van der Waals surface area contributed by atoms with Crippen LogP contribution in [0, 0.1) is 5.92 Å². The number of hydrogen-bond acceptors (Lipinski definition) is 7. The molecule has 0 saturated carbocycles. The average Bonchev–Trinajstić information content (AvgIpc) is 3.58. The summed E-state index contributed by atoms with van der Waals surface area (Å²) in [6, 6.07) is 18.3. The predicted molar refractivity (Wildman–Crippen MR) is 131 cm³/mol. The van der Waals surface area contributed by atoms with E-state index in [4.69, 9.17) is 21.2 Å². The normalized spacial score (nSPS) is 24.7. The van der Waals surface area contributed by atoms with Gasteiger partial charge in [-0.05, 0) is 60.0 Å². The molecule has 0 N–H and O–H groups in total. The molecule has 174 valence electrons. The zero-order valence-corrected chi connectivity index (χ0v) is 19.7. The van der Waals surface area contributed by atoms with Crippen molar-refractivity contribution < 1.29 is 19.2 Å². The van der Waals surface area contributed by atoms with Crippen LogP contribution < -0.4 is 14.9 Å². The first-order valence-electron chi connectivity index (χ1n) is 11.2. The molecule has 7 nitrogen and oxygen atoms in total. The smallest absolute Gasteiger partial charge is 0.266 e. The van der Waals surface area contributed by atoms with Crippen LogP contribution in [0.2, 0.25) is 5.02 Å². The Kier molecular flexibility index (Phi) is 5.53. The Morgan fingerprint density at radius 2 is 1.53 bits per heavy atom. The third-order valence-corrected chi connectivity index (χ3v) is 7.71. The zero-order valence-electron chi connectivity index (χ0n) is 18.2. The number of halogens is 1. The maximum atomic E-state index is 13.7. The summed E-state index contributed by atoms with van der Waals surface area (Å²) in [5.41, 5.74) is 2.36. The van der Waals surface area contributed by atoms with Crippen molar-refractivity contribution in [1.82, 2.24) is 0 Å². The van der Waals surface area contributed by atoms with Crippen LogP contribution in [0.15, 0.2) is 66.0 Å². The fraction of sp³-hybridized carbons (Fsp3) is 0.280. The fourth-order valence-electron chi connectivity index (χ4n) is 4.86. The fourth-order valence-corrected chi connectivity index (χ4v) is 5.84. The van der Waals surface area contributed by atoms with Crippen LogP contribution in [0.1, 0.15) is 10.9 Å². The van der Waals surface area contributed by atoms with E-state index in [9.17, 15) is 9.59 Å². The van der Waals surface area contributed by atoms with E-state index in [0.29, 0.717) is 23.9 Å². The lowest BCUT2D eigenvalue weighted by molar-refractivity contribution is -0.126. The second-order valence-electron chi connectivity index (χ2n) is 8.44. The second-order valence-corrected chi connectivity index (χ2v) is 9.86. The van der Waals surface area contributed by atoms with Crippen molar-refractivity contribution >= 4 is 51.8 Å². The van der Waals surface area contributed by atoms with Gasteiger partial charge in [0.2, 0.25) is 5.91 Å². The van der Waals surface area contributed by atoms with Crippen molar-refractivity contribution in [3.05, 3.63) is 75.9 Å². The predicted octanol–water partition coefficient (Wildman–Crippen LogP) is 4.29. The molecule has 0 aliphatic carbocycles. The molecule has 0 bridgehead atoms. The SMILES string of the molecule is O=C1[C@H]2[C@H](ON(c3ccc(Cl)cc3)[C@H]2c2cccs2)C(=O)N1c1ccc(N2CCOCC2)cc1. The second kappa shape index (κ2) is 8.70. The number of fused-ring (bicyclic) bond motifs is 1. The van der Waals surface area contributed by atoms with Crippen molar-refractivity contribution in [1.29, 1.82) is 0 Å². The van der Waals surface area contributed by atoms with Gasteiger partial charge in [0.15, 0.2) is 6.10 Å². The number of imide groups is 1. The van der Waals surface area contributed by atoms with Gasteiger partial charge in [0, 0.05) is 28.7 Å². The van der Waals surface area contributed by atoms with Gasteiger partial charge in [0.25, 0.3) is 5.91 Å². The van der Waals surface area contributed by atoms with Crippen molar-refractivity contribution in [2.75, 3.05) is 41.2 Å². The summed E-state index contributed by atoms with van der Waals surface area (Å²) in [5, 5.41) is 4.26. The summed E-state index contributed by atoms with van der Waals surface area (Å²) in [6.07, 6.45) is -0.880. The van der Waals surface area contributed by atoms with Crippen molar-refractivity contribution in [3.8, 4) is 0 Å². The van der Waals surface area contributed by atoms with E-state index in [0.717, 1.165) is 29.3 Å². The lowest BCUT2D eigenvalue weighted by Gasteiger charge is -2.29. The summed E-state index contributed by atoms with van der Waals surface area (Å²) in [5.74, 6) is -1.23. The molecule has 9 heteroatoms. The molecule has 0 radical (unpaired) electrons. The van der Waals surface area contributed by atoms with Gasteiger partial charge >= 0.3 is 0 Å². The number of morpholine rings is 1. The van der Waals surface area contributed by atoms with Gasteiger partial charge in [-0.1, -0.05) is 17.7 Å². The van der Waals surface area contributed by atoms with E-state index in [-0.39, 0.29) is 11.8 Å². The van der Waals surface area contributed by atoms with Crippen molar-refractivity contribution in [2.45, 2.75) is 12.1 Å². The van der Waals surface area contributed by atoms with Gasteiger partial charge in [-0.2, -0.15) is 0 Å². The number of anilines is 3. The third kappa shape index (κ3) is 3.58. The van der Waals surface area contributed by atoms with Crippen molar-refractivity contribution in [3.63, 3.8) is 0 Å². The minimum atomic E-state index is -0.880. The monoisotopic (exact) mass is 495 g/mol. The minimum Gasteiger partial charge on any atom is -0.378 e. The molecule has 34 heavy (non-hydrogen) atoms. The van der Waals surface area contributed by atoms with Gasteiger partial charge in [0.05, 0.1) is 24.6 Å². The van der Waals surface area contributed by atoms with Crippen LogP contribution in [-0.4, -0.2) is 44.2 Å². The summed E-state index contributed by atoms with van der Waals surface area (Å²) < 4.78 is 5.42. The molecule has 3 aliphatic rings. The highest BCUT2D eigenvalue weighted by Gasteiger charge is 2.60. The Morgan fingerprint density at radius 3 is 2.21 bits per heavy atom. The molecule has 2 amide bonds. The topological polar surface area (TPSA) is 62.3 Å². The number of amides is 2. The number of hydroxylamine groups is 1. The highest BCUT2D eigenvalue weighted by molar-refractivity contribution is 7.10. The maximum Gasteiger partial charge on any atom is 0.266 e.